The van der Waals surface area contributed by atoms with E-state index in [1.165, 1.54) is 0 Å². The monoisotopic (exact) mass is 215 g/mol. The van der Waals surface area contributed by atoms with E-state index in [1.807, 2.05) is 0 Å². The summed E-state index contributed by atoms with van der Waals surface area (Å²) in [6.07, 6.45) is 0.430. The third kappa shape index (κ3) is 1.42. The fraction of sp³-hybridized carbons (Fsp3) is 0.800. The first-order valence-electron chi connectivity index (χ1n) is 5.03. The first-order chi connectivity index (χ1) is 6.81. The second kappa shape index (κ2) is 3.48. The highest BCUT2D eigenvalue weighted by Gasteiger charge is 2.59. The molecule has 1 heterocycles. The summed E-state index contributed by atoms with van der Waals surface area (Å²) in [5.41, 5.74) is -2.11. The highest BCUT2D eigenvalue weighted by Crippen LogP contribution is 2.43. The van der Waals surface area contributed by atoms with Crippen LogP contribution in [0.1, 0.15) is 27.2 Å². The number of nitrogens with one attached hydrogen (secondary N) is 1. The number of hydrogen-bond donors (Lipinski definition) is 3. The van der Waals surface area contributed by atoms with Gasteiger partial charge in [-0.3, -0.25) is 9.59 Å². The lowest BCUT2D eigenvalue weighted by molar-refractivity contribution is -0.153. The van der Waals surface area contributed by atoms with Crippen LogP contribution in [-0.2, 0) is 9.59 Å². The van der Waals surface area contributed by atoms with Gasteiger partial charge in [0.15, 0.2) is 0 Å². The Balaban J connectivity index is 3.11. The van der Waals surface area contributed by atoms with Crippen LogP contribution < -0.4 is 5.32 Å². The maximum atomic E-state index is 11.2. The standard InChI is InChI=1S/C10H17NO4/c1-4-10(8(14)15)5-11-9(3,6(10)2)7(12)13/h6,11H,4-5H2,1-3H3,(H,12,13)(H,14,15)/t6-,9-,10+/m1/s1. The molecular weight excluding hydrogens is 198 g/mol. The smallest absolute Gasteiger partial charge is 0.323 e. The molecule has 3 N–H and O–H groups in total. The van der Waals surface area contributed by atoms with Crippen molar-refractivity contribution in [3.8, 4) is 0 Å². The van der Waals surface area contributed by atoms with Crippen LogP contribution in [0.2, 0.25) is 0 Å². The molecule has 86 valence electrons. The summed E-state index contributed by atoms with van der Waals surface area (Å²) in [6.45, 7) is 5.22. The van der Waals surface area contributed by atoms with E-state index in [0.29, 0.717) is 6.42 Å². The van der Waals surface area contributed by atoms with Gasteiger partial charge in [0, 0.05) is 12.5 Å². The predicted molar refractivity (Wildman–Crippen MR) is 53.6 cm³/mol. The highest BCUT2D eigenvalue weighted by atomic mass is 16.4. The zero-order valence-corrected chi connectivity index (χ0v) is 9.20. The molecule has 1 aliphatic heterocycles. The second-order valence-corrected chi connectivity index (χ2v) is 4.40. The molecule has 0 aromatic heterocycles. The topological polar surface area (TPSA) is 86.6 Å². The first kappa shape index (κ1) is 12.0. The Bertz CT molecular complexity index is 304. The zero-order valence-electron chi connectivity index (χ0n) is 9.20. The fourth-order valence-electron chi connectivity index (χ4n) is 2.30. The van der Waals surface area contributed by atoms with Gasteiger partial charge >= 0.3 is 11.9 Å². The number of carbonyl (C=O) groups is 2. The fourth-order valence-corrected chi connectivity index (χ4v) is 2.30. The van der Waals surface area contributed by atoms with Crippen LogP contribution in [0.15, 0.2) is 0 Å². The minimum atomic E-state index is -1.14. The first-order valence-corrected chi connectivity index (χ1v) is 5.03. The van der Waals surface area contributed by atoms with Gasteiger partial charge in [-0.05, 0) is 13.3 Å². The summed E-state index contributed by atoms with van der Waals surface area (Å²) in [6, 6.07) is 0. The third-order valence-electron chi connectivity index (χ3n) is 3.97. The number of aliphatic carboxylic acids is 2. The van der Waals surface area contributed by atoms with Gasteiger partial charge in [0.2, 0.25) is 0 Å². The molecule has 1 rings (SSSR count). The normalized spacial score (nSPS) is 40.3. The van der Waals surface area contributed by atoms with E-state index in [-0.39, 0.29) is 6.54 Å². The van der Waals surface area contributed by atoms with Gasteiger partial charge in [-0.15, -0.1) is 0 Å². The van der Waals surface area contributed by atoms with Crippen molar-refractivity contribution in [3.63, 3.8) is 0 Å². The van der Waals surface area contributed by atoms with E-state index in [1.54, 1.807) is 20.8 Å². The van der Waals surface area contributed by atoms with Crippen molar-refractivity contribution >= 4 is 11.9 Å². The molecule has 0 aromatic carbocycles. The molecule has 0 radical (unpaired) electrons. The molecule has 3 atom stereocenters. The minimum Gasteiger partial charge on any atom is -0.481 e. The Kier molecular flexibility index (Phi) is 2.78. The molecule has 1 aliphatic rings. The van der Waals surface area contributed by atoms with E-state index in [9.17, 15) is 14.7 Å². The lowest BCUT2D eigenvalue weighted by atomic mass is 9.70. The molecule has 0 aromatic rings. The minimum absolute atomic E-state index is 0.211. The molecule has 1 saturated heterocycles. The van der Waals surface area contributed by atoms with Crippen molar-refractivity contribution in [3.05, 3.63) is 0 Å². The molecule has 0 bridgehead atoms. The van der Waals surface area contributed by atoms with E-state index in [4.69, 9.17) is 5.11 Å². The summed E-state index contributed by atoms with van der Waals surface area (Å²) in [5, 5.41) is 21.1. The largest absolute Gasteiger partial charge is 0.481 e. The Hall–Kier alpha value is -1.10. The molecule has 0 saturated carbocycles. The van der Waals surface area contributed by atoms with Crippen molar-refractivity contribution in [2.45, 2.75) is 32.7 Å². The summed E-state index contributed by atoms with van der Waals surface area (Å²) in [4.78, 5) is 22.3. The van der Waals surface area contributed by atoms with Crippen molar-refractivity contribution in [1.82, 2.24) is 5.32 Å². The van der Waals surface area contributed by atoms with Crippen LogP contribution in [0.4, 0.5) is 0 Å². The SMILES string of the molecule is CC[C@]1(C(=O)O)CN[C@@](C)(C(=O)O)[C@H]1C. The molecule has 0 aliphatic carbocycles. The van der Waals surface area contributed by atoms with Crippen molar-refractivity contribution in [2.75, 3.05) is 6.54 Å². The average molecular weight is 215 g/mol. The summed E-state index contributed by atoms with van der Waals surface area (Å²) < 4.78 is 0. The van der Waals surface area contributed by atoms with Crippen molar-refractivity contribution < 1.29 is 19.8 Å². The third-order valence-corrected chi connectivity index (χ3v) is 3.97. The Morgan fingerprint density at radius 2 is 1.93 bits per heavy atom. The van der Waals surface area contributed by atoms with Gasteiger partial charge < -0.3 is 15.5 Å². The van der Waals surface area contributed by atoms with Crippen LogP contribution in [0.25, 0.3) is 0 Å². The molecule has 15 heavy (non-hydrogen) atoms. The van der Waals surface area contributed by atoms with E-state index in [2.05, 4.69) is 5.32 Å². The van der Waals surface area contributed by atoms with Crippen molar-refractivity contribution in [1.29, 1.82) is 0 Å². The molecule has 5 heteroatoms. The Morgan fingerprint density at radius 3 is 2.13 bits per heavy atom. The van der Waals surface area contributed by atoms with Crippen LogP contribution >= 0.6 is 0 Å². The highest BCUT2D eigenvalue weighted by molar-refractivity contribution is 5.84. The van der Waals surface area contributed by atoms with Gasteiger partial charge in [0.05, 0.1) is 5.41 Å². The van der Waals surface area contributed by atoms with Crippen molar-refractivity contribution in [2.24, 2.45) is 11.3 Å². The van der Waals surface area contributed by atoms with E-state index >= 15 is 0 Å². The van der Waals surface area contributed by atoms with Gasteiger partial charge in [-0.1, -0.05) is 13.8 Å². The second-order valence-electron chi connectivity index (χ2n) is 4.40. The van der Waals surface area contributed by atoms with Gasteiger partial charge in [-0.2, -0.15) is 0 Å². The number of hydrogen-bond acceptors (Lipinski definition) is 3. The van der Waals surface area contributed by atoms with Crippen LogP contribution in [-0.4, -0.2) is 34.2 Å². The number of rotatable bonds is 3. The van der Waals surface area contributed by atoms with Crippen LogP contribution in [0, 0.1) is 11.3 Å². The number of carboxylic acid groups (broad SMARTS) is 2. The Morgan fingerprint density at radius 1 is 1.40 bits per heavy atom. The van der Waals surface area contributed by atoms with Gasteiger partial charge in [-0.25, -0.2) is 0 Å². The molecular formula is C10H17NO4. The molecule has 5 nitrogen and oxygen atoms in total. The maximum Gasteiger partial charge on any atom is 0.323 e. The quantitative estimate of drug-likeness (QED) is 0.640. The lowest BCUT2D eigenvalue weighted by Gasteiger charge is -2.32. The van der Waals surface area contributed by atoms with Crippen LogP contribution in [0.5, 0.6) is 0 Å². The maximum absolute atomic E-state index is 11.2. The average Bonchev–Trinajstić information content (AvgIpc) is 2.43. The Labute approximate surface area is 88.5 Å². The summed E-state index contributed by atoms with van der Waals surface area (Å²) in [5.74, 6) is -2.36. The molecule has 0 spiro atoms. The predicted octanol–water partition coefficient (Wildman–Crippen LogP) is 0.550. The van der Waals surface area contributed by atoms with E-state index in [0.717, 1.165) is 0 Å². The lowest BCUT2D eigenvalue weighted by Crippen LogP contribution is -2.50. The summed E-state index contributed by atoms with van der Waals surface area (Å²) in [7, 11) is 0. The summed E-state index contributed by atoms with van der Waals surface area (Å²) >= 11 is 0. The molecule has 1 fully saturated rings. The van der Waals surface area contributed by atoms with Gasteiger partial charge in [0.25, 0.3) is 0 Å². The molecule has 0 amide bonds. The zero-order chi connectivity index (χ0) is 11.9. The molecule has 0 unspecified atom stereocenters. The van der Waals surface area contributed by atoms with Crippen LogP contribution in [0.3, 0.4) is 0 Å². The number of carboxylic acids is 2. The van der Waals surface area contributed by atoms with Gasteiger partial charge in [0.1, 0.15) is 5.54 Å². The van der Waals surface area contributed by atoms with E-state index < -0.39 is 28.8 Å².